The summed E-state index contributed by atoms with van der Waals surface area (Å²) in [5, 5.41) is 16.7. The number of carbonyl (C=O) groups excluding carboxylic acids is 2. The van der Waals surface area contributed by atoms with Crippen LogP contribution >= 0.6 is 0 Å². The molecule has 0 aliphatic heterocycles. The van der Waals surface area contributed by atoms with Crippen LogP contribution in [-0.4, -0.2) is 35.0 Å². The number of nitrogens with one attached hydrogen (secondary N) is 2. The largest absolute Gasteiger partial charge is 0.480 e. The summed E-state index contributed by atoms with van der Waals surface area (Å²) in [6, 6.07) is 16.8. The van der Waals surface area contributed by atoms with Gasteiger partial charge in [0.2, 0.25) is 11.8 Å². The van der Waals surface area contributed by atoms with Crippen LogP contribution in [0.4, 0.5) is 4.39 Å². The van der Waals surface area contributed by atoms with Crippen molar-refractivity contribution in [2.45, 2.75) is 31.8 Å². The van der Waals surface area contributed by atoms with E-state index in [1.165, 1.54) is 25.1 Å². The second-order valence-electron chi connectivity index (χ2n) is 7.37. The van der Waals surface area contributed by atoms with Crippen molar-refractivity contribution in [1.29, 1.82) is 0 Å². The molecule has 0 aromatic heterocycles. The third-order valence-electron chi connectivity index (χ3n) is 4.89. The number of benzene rings is 3. The fraction of sp³-hybridized carbons (Fsp3) is 0.208. The Balaban J connectivity index is 1.75. The van der Waals surface area contributed by atoms with Gasteiger partial charge in [-0.15, -0.1) is 0 Å². The summed E-state index contributed by atoms with van der Waals surface area (Å²) in [6.45, 7) is 1.26. The molecule has 0 fully saturated rings. The number of halogens is 1. The molecule has 2 amide bonds. The van der Waals surface area contributed by atoms with Crippen molar-refractivity contribution >= 4 is 28.6 Å². The van der Waals surface area contributed by atoms with Crippen LogP contribution in [0.3, 0.4) is 0 Å². The first kappa shape index (κ1) is 22.0. The fourth-order valence-electron chi connectivity index (χ4n) is 3.43. The summed E-state index contributed by atoms with van der Waals surface area (Å²) < 4.78 is 13.5. The van der Waals surface area contributed by atoms with E-state index in [-0.39, 0.29) is 12.8 Å². The molecule has 0 saturated heterocycles. The number of carbonyl (C=O) groups is 3. The lowest BCUT2D eigenvalue weighted by Gasteiger charge is -2.21. The van der Waals surface area contributed by atoms with E-state index < -0.39 is 35.7 Å². The number of amides is 2. The minimum Gasteiger partial charge on any atom is -0.480 e. The van der Waals surface area contributed by atoms with Crippen LogP contribution in [0.25, 0.3) is 10.8 Å². The lowest BCUT2D eigenvalue weighted by molar-refractivity contribution is -0.142. The van der Waals surface area contributed by atoms with Crippen LogP contribution in [0, 0.1) is 5.82 Å². The van der Waals surface area contributed by atoms with Gasteiger partial charge in [0.05, 0.1) is 0 Å². The second kappa shape index (κ2) is 9.84. The normalized spacial score (nSPS) is 12.7. The molecule has 0 saturated carbocycles. The molecular weight excluding hydrogens is 399 g/mol. The van der Waals surface area contributed by atoms with E-state index in [9.17, 15) is 23.9 Å². The number of carboxylic acids is 1. The van der Waals surface area contributed by atoms with E-state index in [0.717, 1.165) is 16.3 Å². The fourth-order valence-corrected chi connectivity index (χ4v) is 3.43. The van der Waals surface area contributed by atoms with E-state index in [4.69, 9.17) is 0 Å². The van der Waals surface area contributed by atoms with Gasteiger partial charge in [-0.2, -0.15) is 0 Å². The van der Waals surface area contributed by atoms with E-state index in [1.807, 2.05) is 42.5 Å². The van der Waals surface area contributed by atoms with Gasteiger partial charge in [0.1, 0.15) is 17.9 Å². The van der Waals surface area contributed by atoms with Gasteiger partial charge in [-0.3, -0.25) is 9.59 Å². The zero-order valence-electron chi connectivity index (χ0n) is 17.0. The molecule has 0 spiro atoms. The highest BCUT2D eigenvalue weighted by Gasteiger charge is 2.26. The van der Waals surface area contributed by atoms with Gasteiger partial charge in [-0.1, -0.05) is 54.6 Å². The van der Waals surface area contributed by atoms with Gasteiger partial charge in [-0.25, -0.2) is 9.18 Å². The van der Waals surface area contributed by atoms with Gasteiger partial charge >= 0.3 is 5.97 Å². The zero-order valence-corrected chi connectivity index (χ0v) is 17.0. The highest BCUT2D eigenvalue weighted by Crippen LogP contribution is 2.17. The highest BCUT2D eigenvalue weighted by molar-refractivity contribution is 5.90. The number of carboxylic acid groups (broad SMARTS) is 1. The Bertz CT molecular complexity index is 1120. The Kier molecular flexibility index (Phi) is 6.97. The number of rotatable bonds is 8. The first-order valence-electron chi connectivity index (χ1n) is 9.84. The molecule has 160 valence electrons. The molecule has 3 aromatic carbocycles. The van der Waals surface area contributed by atoms with Crippen molar-refractivity contribution in [1.82, 2.24) is 10.6 Å². The van der Waals surface area contributed by atoms with Crippen molar-refractivity contribution in [3.63, 3.8) is 0 Å². The van der Waals surface area contributed by atoms with Crippen LogP contribution in [0.5, 0.6) is 0 Å². The smallest absolute Gasteiger partial charge is 0.326 e. The number of aliphatic carboxylic acids is 1. The molecule has 6 nitrogen and oxygen atoms in total. The summed E-state index contributed by atoms with van der Waals surface area (Å²) in [7, 11) is 0. The van der Waals surface area contributed by atoms with Gasteiger partial charge < -0.3 is 15.7 Å². The van der Waals surface area contributed by atoms with Gasteiger partial charge in [0.15, 0.2) is 0 Å². The number of hydrogen-bond donors (Lipinski definition) is 3. The minimum atomic E-state index is -1.19. The maximum Gasteiger partial charge on any atom is 0.326 e. The number of fused-ring (bicyclic) bond motifs is 1. The topological polar surface area (TPSA) is 95.5 Å². The maximum absolute atomic E-state index is 13.5. The number of hydrogen-bond acceptors (Lipinski definition) is 3. The van der Waals surface area contributed by atoms with Gasteiger partial charge in [0, 0.05) is 19.8 Å². The van der Waals surface area contributed by atoms with Crippen LogP contribution in [0.15, 0.2) is 66.7 Å². The lowest BCUT2D eigenvalue weighted by Crippen LogP contribution is -2.52. The minimum absolute atomic E-state index is 0.0332. The molecule has 2 atom stereocenters. The van der Waals surface area contributed by atoms with Crippen molar-refractivity contribution < 1.29 is 23.9 Å². The van der Waals surface area contributed by atoms with Crippen molar-refractivity contribution in [2.75, 3.05) is 0 Å². The Hall–Kier alpha value is -3.74. The predicted molar refractivity (Wildman–Crippen MR) is 115 cm³/mol. The lowest BCUT2D eigenvalue weighted by atomic mass is 10.0. The molecule has 0 heterocycles. The van der Waals surface area contributed by atoms with Crippen LogP contribution < -0.4 is 10.6 Å². The summed E-state index contributed by atoms with van der Waals surface area (Å²) in [5.41, 5.74) is 1.27. The van der Waals surface area contributed by atoms with Crippen LogP contribution in [0.1, 0.15) is 18.1 Å². The highest BCUT2D eigenvalue weighted by atomic mass is 19.1. The van der Waals surface area contributed by atoms with Crippen LogP contribution in [0.2, 0.25) is 0 Å². The zero-order chi connectivity index (χ0) is 22.4. The monoisotopic (exact) mass is 422 g/mol. The molecule has 7 heteroatoms. The molecule has 3 N–H and O–H groups in total. The molecule has 0 bridgehead atoms. The molecular formula is C24H23FN2O4. The van der Waals surface area contributed by atoms with E-state index in [2.05, 4.69) is 10.6 Å². The summed E-state index contributed by atoms with van der Waals surface area (Å²) >= 11 is 0. The average molecular weight is 422 g/mol. The Morgan fingerprint density at radius 3 is 2.19 bits per heavy atom. The van der Waals surface area contributed by atoms with E-state index >= 15 is 0 Å². The predicted octanol–water partition coefficient (Wildman–Crippen LogP) is 2.84. The maximum atomic E-state index is 13.5. The quantitative estimate of drug-likeness (QED) is 0.520. The van der Waals surface area contributed by atoms with Crippen LogP contribution in [-0.2, 0) is 27.2 Å². The summed E-state index contributed by atoms with van der Waals surface area (Å²) in [4.78, 5) is 36.2. The van der Waals surface area contributed by atoms with E-state index in [1.54, 1.807) is 6.07 Å². The standard InChI is InChI=1S/C24H23FN2O4/c1-15(28)26-21(13-16-5-4-8-20(25)12-16)23(29)27-22(24(30)31)14-17-9-10-18-6-2-3-7-19(18)11-17/h2-12,21-22H,13-14H2,1H3,(H,26,28)(H,27,29)(H,30,31)/t21-,22-/m1/s1. The first-order valence-corrected chi connectivity index (χ1v) is 9.84. The Morgan fingerprint density at radius 2 is 1.52 bits per heavy atom. The summed E-state index contributed by atoms with van der Waals surface area (Å²) in [6.07, 6.45) is 0.115. The third-order valence-corrected chi connectivity index (χ3v) is 4.89. The molecule has 0 radical (unpaired) electrons. The molecule has 31 heavy (non-hydrogen) atoms. The third kappa shape index (κ3) is 6.12. The molecule has 0 aliphatic rings. The molecule has 0 unspecified atom stereocenters. The molecule has 3 rings (SSSR count). The first-order chi connectivity index (χ1) is 14.8. The average Bonchev–Trinajstić information content (AvgIpc) is 2.72. The van der Waals surface area contributed by atoms with E-state index in [0.29, 0.717) is 5.56 Å². The Labute approximate surface area is 179 Å². The van der Waals surface area contributed by atoms with Crippen molar-refractivity contribution in [2.24, 2.45) is 0 Å². The second-order valence-corrected chi connectivity index (χ2v) is 7.37. The van der Waals surface area contributed by atoms with Gasteiger partial charge in [-0.05, 0) is 34.0 Å². The molecule has 3 aromatic rings. The summed E-state index contributed by atoms with van der Waals surface area (Å²) in [5.74, 6) is -2.74. The van der Waals surface area contributed by atoms with Crippen molar-refractivity contribution in [3.8, 4) is 0 Å². The Morgan fingerprint density at radius 1 is 0.839 bits per heavy atom. The van der Waals surface area contributed by atoms with Crippen molar-refractivity contribution in [3.05, 3.63) is 83.7 Å². The molecule has 0 aliphatic carbocycles. The SMILES string of the molecule is CC(=O)N[C@H](Cc1cccc(F)c1)C(=O)N[C@H](Cc1ccc2ccccc2c1)C(=O)O. The van der Waals surface area contributed by atoms with Gasteiger partial charge in [0.25, 0.3) is 0 Å².